The number of allylic oxidation sites excluding steroid dienone is 4. The highest BCUT2D eigenvalue weighted by Crippen LogP contribution is 2.06. The van der Waals surface area contributed by atoms with Crippen molar-refractivity contribution >= 4 is 6.29 Å². The van der Waals surface area contributed by atoms with E-state index in [1.165, 1.54) is 25.7 Å². The minimum absolute atomic E-state index is 0.718. The number of unbranched alkanes of at least 4 members (excludes halogenated alkanes) is 6. The zero-order valence-corrected chi connectivity index (χ0v) is 12.0. The normalized spacial score (nSPS) is 9.95. The monoisotopic (exact) mass is 256 g/mol. The van der Waals surface area contributed by atoms with Gasteiger partial charge in [-0.25, -0.2) is 0 Å². The summed E-state index contributed by atoms with van der Waals surface area (Å²) in [6.07, 6.45) is 17.6. The van der Waals surface area contributed by atoms with Crippen molar-refractivity contribution in [1.29, 1.82) is 0 Å². The molecule has 0 aromatic rings. The topological polar surface area (TPSA) is 17.1 Å². The Kier molecular flexibility index (Phi) is 14.8. The molecule has 19 heavy (non-hydrogen) atoms. The van der Waals surface area contributed by atoms with Crippen molar-refractivity contribution in [3.05, 3.63) is 24.3 Å². The van der Waals surface area contributed by atoms with Gasteiger partial charge in [-0.2, -0.15) is 0 Å². The van der Waals surface area contributed by atoms with E-state index in [1.807, 2.05) is 13.0 Å². The van der Waals surface area contributed by atoms with Crippen molar-refractivity contribution in [3.8, 4) is 23.7 Å². The molecular weight excluding hydrogens is 232 g/mol. The number of hydrogen-bond donors (Lipinski definition) is 0. The van der Waals surface area contributed by atoms with E-state index in [-0.39, 0.29) is 0 Å². The van der Waals surface area contributed by atoms with Crippen LogP contribution in [-0.2, 0) is 4.79 Å². The van der Waals surface area contributed by atoms with E-state index in [0.29, 0.717) is 0 Å². The lowest BCUT2D eigenvalue weighted by Gasteiger charge is -1.96. The summed E-state index contributed by atoms with van der Waals surface area (Å²) in [4.78, 5) is 10.1. The van der Waals surface area contributed by atoms with Crippen molar-refractivity contribution in [1.82, 2.24) is 0 Å². The van der Waals surface area contributed by atoms with Crippen LogP contribution in [-0.4, -0.2) is 6.29 Å². The second kappa shape index (κ2) is 16.3. The summed E-state index contributed by atoms with van der Waals surface area (Å²) < 4.78 is 0. The predicted octanol–water partition coefficient (Wildman–Crippen LogP) is 4.45. The minimum atomic E-state index is 0.718. The molecule has 1 heteroatoms. The first kappa shape index (κ1) is 17.3. The van der Waals surface area contributed by atoms with E-state index in [4.69, 9.17) is 0 Å². The lowest BCUT2D eigenvalue weighted by atomic mass is 10.1. The van der Waals surface area contributed by atoms with E-state index in [9.17, 15) is 4.79 Å². The molecular formula is C18H24O. The standard InChI is InChI=1S/C18H24O/c1-2-3-4-5-6-7-8-9-10-11-12-13-14-15-16-17-18-19/h2-3,9-10,18H,8,11-17H2,1H3/b3-2+,10-9+. The third-order valence-corrected chi connectivity index (χ3v) is 2.55. The molecule has 0 atom stereocenters. The lowest BCUT2D eigenvalue weighted by molar-refractivity contribution is -0.107. The van der Waals surface area contributed by atoms with Crippen LogP contribution in [0.3, 0.4) is 0 Å². The summed E-state index contributed by atoms with van der Waals surface area (Å²) in [5.41, 5.74) is 0. The van der Waals surface area contributed by atoms with E-state index >= 15 is 0 Å². The van der Waals surface area contributed by atoms with Gasteiger partial charge in [-0.3, -0.25) is 0 Å². The summed E-state index contributed by atoms with van der Waals surface area (Å²) in [6, 6.07) is 0. The maximum Gasteiger partial charge on any atom is 0.119 e. The molecule has 0 spiro atoms. The summed E-state index contributed by atoms with van der Waals surface area (Å²) in [5, 5.41) is 0. The molecule has 0 aromatic heterocycles. The minimum Gasteiger partial charge on any atom is -0.303 e. The van der Waals surface area contributed by atoms with Gasteiger partial charge in [-0.1, -0.05) is 49.3 Å². The molecule has 0 aliphatic heterocycles. The number of hydrogen-bond acceptors (Lipinski definition) is 1. The van der Waals surface area contributed by atoms with Gasteiger partial charge in [0.1, 0.15) is 6.29 Å². The van der Waals surface area contributed by atoms with Gasteiger partial charge in [0.25, 0.3) is 0 Å². The van der Waals surface area contributed by atoms with Gasteiger partial charge in [-0.05, 0) is 44.1 Å². The van der Waals surface area contributed by atoms with Crippen LogP contribution < -0.4 is 0 Å². The summed E-state index contributed by atoms with van der Waals surface area (Å²) in [5.74, 6) is 11.4. The average molecular weight is 256 g/mol. The number of carbonyl (C=O) groups is 1. The van der Waals surface area contributed by atoms with Crippen LogP contribution in [0.25, 0.3) is 0 Å². The Labute approximate surface area is 118 Å². The molecule has 0 N–H and O–H groups in total. The van der Waals surface area contributed by atoms with Crippen LogP contribution in [0.2, 0.25) is 0 Å². The number of aldehydes is 1. The second-order valence-electron chi connectivity index (χ2n) is 4.26. The Morgan fingerprint density at radius 3 is 2.37 bits per heavy atom. The van der Waals surface area contributed by atoms with Crippen molar-refractivity contribution in [2.45, 2.75) is 58.3 Å². The van der Waals surface area contributed by atoms with Gasteiger partial charge in [0.05, 0.1) is 0 Å². The zero-order chi connectivity index (χ0) is 14.0. The molecule has 0 aliphatic rings. The van der Waals surface area contributed by atoms with Gasteiger partial charge in [0, 0.05) is 12.8 Å². The Bertz CT molecular complexity index is 379. The fraction of sp³-hybridized carbons (Fsp3) is 0.500. The highest BCUT2D eigenvalue weighted by atomic mass is 16.1. The Morgan fingerprint density at radius 1 is 0.895 bits per heavy atom. The molecule has 0 radical (unpaired) electrons. The number of carbonyl (C=O) groups excluding carboxylic acids is 1. The summed E-state index contributed by atoms with van der Waals surface area (Å²) in [6.45, 7) is 1.94. The Morgan fingerprint density at radius 2 is 1.63 bits per heavy atom. The first-order valence-corrected chi connectivity index (χ1v) is 7.10. The molecule has 0 unspecified atom stereocenters. The third kappa shape index (κ3) is 16.3. The average Bonchev–Trinajstić information content (AvgIpc) is 2.43. The summed E-state index contributed by atoms with van der Waals surface area (Å²) in [7, 11) is 0. The fourth-order valence-corrected chi connectivity index (χ4v) is 1.54. The van der Waals surface area contributed by atoms with Crippen LogP contribution in [0.15, 0.2) is 24.3 Å². The van der Waals surface area contributed by atoms with Gasteiger partial charge in [0.2, 0.25) is 0 Å². The molecule has 0 saturated heterocycles. The van der Waals surface area contributed by atoms with E-state index in [1.54, 1.807) is 6.08 Å². The van der Waals surface area contributed by atoms with Crippen LogP contribution in [0.4, 0.5) is 0 Å². The first-order valence-electron chi connectivity index (χ1n) is 7.10. The molecule has 0 saturated carbocycles. The van der Waals surface area contributed by atoms with Crippen molar-refractivity contribution < 1.29 is 4.79 Å². The van der Waals surface area contributed by atoms with Gasteiger partial charge in [0.15, 0.2) is 0 Å². The molecule has 0 aromatic carbocycles. The second-order valence-corrected chi connectivity index (χ2v) is 4.26. The SMILES string of the molecule is C/C=C/C#CC#CC/C=C/CCCCCCCC=O. The maximum atomic E-state index is 10.1. The van der Waals surface area contributed by atoms with Gasteiger partial charge in [-0.15, -0.1) is 0 Å². The molecule has 0 aliphatic carbocycles. The van der Waals surface area contributed by atoms with E-state index in [2.05, 4.69) is 35.8 Å². The number of rotatable bonds is 9. The highest BCUT2D eigenvalue weighted by Gasteiger charge is 1.88. The van der Waals surface area contributed by atoms with Crippen LogP contribution in [0.5, 0.6) is 0 Å². The lowest BCUT2D eigenvalue weighted by Crippen LogP contribution is -1.80. The smallest absolute Gasteiger partial charge is 0.119 e. The van der Waals surface area contributed by atoms with Crippen LogP contribution in [0.1, 0.15) is 58.3 Å². The Hall–Kier alpha value is -1.73. The molecule has 0 fully saturated rings. The van der Waals surface area contributed by atoms with Crippen molar-refractivity contribution in [2.75, 3.05) is 0 Å². The highest BCUT2D eigenvalue weighted by molar-refractivity contribution is 5.48. The molecule has 0 heterocycles. The quantitative estimate of drug-likeness (QED) is 0.258. The molecule has 0 bridgehead atoms. The molecule has 0 amide bonds. The van der Waals surface area contributed by atoms with E-state index < -0.39 is 0 Å². The third-order valence-electron chi connectivity index (χ3n) is 2.55. The van der Waals surface area contributed by atoms with E-state index in [0.717, 1.165) is 32.0 Å². The molecule has 102 valence electrons. The van der Waals surface area contributed by atoms with Gasteiger partial charge < -0.3 is 4.79 Å². The zero-order valence-electron chi connectivity index (χ0n) is 12.0. The van der Waals surface area contributed by atoms with Crippen LogP contribution in [0, 0.1) is 23.7 Å². The fourth-order valence-electron chi connectivity index (χ4n) is 1.54. The molecule has 1 nitrogen and oxygen atoms in total. The van der Waals surface area contributed by atoms with Gasteiger partial charge >= 0.3 is 0 Å². The maximum absolute atomic E-state index is 10.1. The predicted molar refractivity (Wildman–Crippen MR) is 82.5 cm³/mol. The largest absolute Gasteiger partial charge is 0.303 e. The molecule has 0 rings (SSSR count). The Balaban J connectivity index is 3.35. The van der Waals surface area contributed by atoms with Crippen molar-refractivity contribution in [2.24, 2.45) is 0 Å². The van der Waals surface area contributed by atoms with Crippen LogP contribution >= 0.6 is 0 Å². The summed E-state index contributed by atoms with van der Waals surface area (Å²) >= 11 is 0. The first-order chi connectivity index (χ1) is 9.41. The van der Waals surface area contributed by atoms with Crippen molar-refractivity contribution in [3.63, 3.8) is 0 Å².